The van der Waals surface area contributed by atoms with Crippen molar-refractivity contribution in [2.45, 2.75) is 38.6 Å². The minimum Gasteiger partial charge on any atom is -0.497 e. The lowest BCUT2D eigenvalue weighted by Crippen LogP contribution is -2.32. The van der Waals surface area contributed by atoms with E-state index in [-0.39, 0.29) is 11.9 Å². The third kappa shape index (κ3) is 2.35. The van der Waals surface area contributed by atoms with Gasteiger partial charge >= 0.3 is 0 Å². The van der Waals surface area contributed by atoms with Gasteiger partial charge in [0.05, 0.1) is 13.2 Å². The summed E-state index contributed by atoms with van der Waals surface area (Å²) < 4.78 is 5.26. The number of fused-ring (bicyclic) bond motifs is 1. The maximum Gasteiger partial charge on any atom is 0.222 e. The van der Waals surface area contributed by atoms with Crippen molar-refractivity contribution in [3.8, 4) is 5.75 Å². The first-order valence-electron chi connectivity index (χ1n) is 6.59. The molecule has 1 aliphatic carbocycles. The number of hydrogen-bond donors (Lipinski definition) is 0. The molecule has 1 aliphatic rings. The lowest BCUT2D eigenvalue weighted by Gasteiger charge is -2.33. The molecule has 1 aromatic carbocycles. The Labute approximate surface area is 109 Å². The van der Waals surface area contributed by atoms with Gasteiger partial charge in [-0.05, 0) is 42.5 Å². The van der Waals surface area contributed by atoms with Crippen LogP contribution < -0.4 is 4.74 Å². The number of carbonyl (C=O) groups is 1. The summed E-state index contributed by atoms with van der Waals surface area (Å²) in [7, 11) is 3.60. The van der Waals surface area contributed by atoms with Crippen molar-refractivity contribution in [2.75, 3.05) is 14.2 Å². The third-order valence-corrected chi connectivity index (χ3v) is 3.80. The van der Waals surface area contributed by atoms with E-state index in [2.05, 4.69) is 12.1 Å². The molecule has 3 heteroatoms. The molecule has 1 amide bonds. The van der Waals surface area contributed by atoms with Crippen molar-refractivity contribution in [3.05, 3.63) is 29.3 Å². The van der Waals surface area contributed by atoms with Gasteiger partial charge in [0.2, 0.25) is 5.91 Å². The van der Waals surface area contributed by atoms with Gasteiger partial charge < -0.3 is 9.64 Å². The molecule has 0 unspecified atom stereocenters. The molecule has 3 nitrogen and oxygen atoms in total. The number of nitrogens with zero attached hydrogens (tertiary/aromatic N) is 1. The Hall–Kier alpha value is -1.51. The molecule has 0 aromatic heterocycles. The maximum atomic E-state index is 11.8. The Kier molecular flexibility index (Phi) is 3.90. The van der Waals surface area contributed by atoms with Crippen molar-refractivity contribution in [3.63, 3.8) is 0 Å². The van der Waals surface area contributed by atoms with Gasteiger partial charge in [0.15, 0.2) is 0 Å². The van der Waals surface area contributed by atoms with Gasteiger partial charge in [-0.1, -0.05) is 13.0 Å². The minimum absolute atomic E-state index is 0.212. The van der Waals surface area contributed by atoms with Crippen LogP contribution in [0.25, 0.3) is 0 Å². The molecule has 0 N–H and O–H groups in total. The number of methoxy groups -OCH3 is 1. The van der Waals surface area contributed by atoms with Crippen LogP contribution in [0.15, 0.2) is 18.2 Å². The summed E-state index contributed by atoms with van der Waals surface area (Å²) in [5, 5.41) is 0. The second-order valence-corrected chi connectivity index (χ2v) is 4.83. The molecule has 98 valence electrons. The first-order valence-corrected chi connectivity index (χ1v) is 6.59. The summed E-state index contributed by atoms with van der Waals surface area (Å²) in [4.78, 5) is 13.7. The summed E-state index contributed by atoms with van der Waals surface area (Å²) in [6.07, 6.45) is 3.84. The van der Waals surface area contributed by atoms with E-state index in [1.807, 2.05) is 24.9 Å². The highest BCUT2D eigenvalue weighted by molar-refractivity contribution is 5.76. The molecule has 0 saturated heterocycles. The quantitative estimate of drug-likeness (QED) is 0.822. The lowest BCUT2D eigenvalue weighted by atomic mass is 9.86. The van der Waals surface area contributed by atoms with Crippen LogP contribution in [-0.2, 0) is 11.2 Å². The van der Waals surface area contributed by atoms with Crippen molar-refractivity contribution >= 4 is 5.91 Å². The highest BCUT2D eigenvalue weighted by atomic mass is 16.5. The van der Waals surface area contributed by atoms with E-state index in [1.54, 1.807) is 7.11 Å². The zero-order valence-electron chi connectivity index (χ0n) is 11.4. The molecule has 0 fully saturated rings. The fourth-order valence-corrected chi connectivity index (χ4v) is 2.72. The molecule has 1 aromatic rings. The summed E-state index contributed by atoms with van der Waals surface area (Å²) in [6, 6.07) is 6.43. The Morgan fingerprint density at radius 1 is 1.50 bits per heavy atom. The fraction of sp³-hybridized carbons (Fsp3) is 0.533. The molecular formula is C15H21NO2. The average Bonchev–Trinajstić information content (AvgIpc) is 2.44. The maximum absolute atomic E-state index is 11.8. The molecule has 0 radical (unpaired) electrons. The molecule has 1 atom stereocenters. The highest BCUT2D eigenvalue weighted by Gasteiger charge is 2.26. The number of amides is 1. The molecule has 0 aliphatic heterocycles. The van der Waals surface area contributed by atoms with Gasteiger partial charge in [0, 0.05) is 13.5 Å². The molecule has 0 saturated carbocycles. The summed E-state index contributed by atoms with van der Waals surface area (Å²) >= 11 is 0. The molecule has 2 rings (SSSR count). The Morgan fingerprint density at radius 3 is 2.94 bits per heavy atom. The highest BCUT2D eigenvalue weighted by Crippen LogP contribution is 2.35. The summed E-state index contributed by atoms with van der Waals surface area (Å²) in [5.41, 5.74) is 2.60. The fourth-order valence-electron chi connectivity index (χ4n) is 2.72. The van der Waals surface area contributed by atoms with Crippen LogP contribution >= 0.6 is 0 Å². The second kappa shape index (κ2) is 5.42. The van der Waals surface area contributed by atoms with Crippen LogP contribution in [0.2, 0.25) is 0 Å². The van der Waals surface area contributed by atoms with Crippen molar-refractivity contribution in [2.24, 2.45) is 0 Å². The van der Waals surface area contributed by atoms with Crippen molar-refractivity contribution in [1.29, 1.82) is 0 Å². The van der Waals surface area contributed by atoms with E-state index in [9.17, 15) is 4.79 Å². The van der Waals surface area contributed by atoms with Crippen LogP contribution in [0, 0.1) is 0 Å². The molecule has 0 bridgehead atoms. The van der Waals surface area contributed by atoms with Gasteiger partial charge in [0.1, 0.15) is 5.75 Å². The first kappa shape index (κ1) is 12.9. The third-order valence-electron chi connectivity index (χ3n) is 3.80. The number of ether oxygens (including phenoxy) is 1. The van der Waals surface area contributed by atoms with E-state index in [4.69, 9.17) is 4.74 Å². The first-order chi connectivity index (χ1) is 8.67. The summed E-state index contributed by atoms with van der Waals surface area (Å²) in [6.45, 7) is 1.91. The standard InChI is InChI=1S/C15H21NO2/c1-4-15(17)16(2)14-7-5-6-11-10-12(18-3)8-9-13(11)14/h8-10,14H,4-7H2,1-3H3/t14-/m1/s1. The van der Waals surface area contributed by atoms with Gasteiger partial charge in [0.25, 0.3) is 0 Å². The number of rotatable bonds is 3. The zero-order valence-corrected chi connectivity index (χ0v) is 11.4. The molecule has 18 heavy (non-hydrogen) atoms. The SMILES string of the molecule is CCC(=O)N(C)[C@@H]1CCCc2cc(OC)ccc21. The van der Waals surface area contributed by atoms with Crippen LogP contribution in [-0.4, -0.2) is 25.0 Å². The Bertz CT molecular complexity index is 442. The number of benzene rings is 1. The zero-order chi connectivity index (χ0) is 13.1. The topological polar surface area (TPSA) is 29.5 Å². The second-order valence-electron chi connectivity index (χ2n) is 4.83. The number of carbonyl (C=O) groups excluding carboxylic acids is 1. The van der Waals surface area contributed by atoms with E-state index >= 15 is 0 Å². The average molecular weight is 247 g/mol. The van der Waals surface area contributed by atoms with Gasteiger partial charge in [-0.2, -0.15) is 0 Å². The largest absolute Gasteiger partial charge is 0.497 e. The normalized spacial score (nSPS) is 18.1. The van der Waals surface area contributed by atoms with Crippen LogP contribution in [0.3, 0.4) is 0 Å². The number of aryl methyl sites for hydroxylation is 1. The van der Waals surface area contributed by atoms with Gasteiger partial charge in [-0.3, -0.25) is 4.79 Å². The van der Waals surface area contributed by atoms with Gasteiger partial charge in [-0.25, -0.2) is 0 Å². The van der Waals surface area contributed by atoms with Crippen LogP contribution in [0.4, 0.5) is 0 Å². The van der Waals surface area contributed by atoms with Crippen LogP contribution in [0.5, 0.6) is 5.75 Å². The van der Waals surface area contributed by atoms with E-state index in [1.165, 1.54) is 11.1 Å². The van der Waals surface area contributed by atoms with Gasteiger partial charge in [-0.15, -0.1) is 0 Å². The number of hydrogen-bond acceptors (Lipinski definition) is 2. The van der Waals surface area contributed by atoms with E-state index in [0.29, 0.717) is 6.42 Å². The van der Waals surface area contributed by atoms with Crippen molar-refractivity contribution in [1.82, 2.24) is 4.90 Å². The predicted molar refractivity (Wildman–Crippen MR) is 71.7 cm³/mol. The minimum atomic E-state index is 0.212. The van der Waals surface area contributed by atoms with E-state index < -0.39 is 0 Å². The summed E-state index contributed by atoms with van der Waals surface area (Å²) in [5.74, 6) is 1.11. The smallest absolute Gasteiger partial charge is 0.222 e. The predicted octanol–water partition coefficient (Wildman–Crippen LogP) is 2.94. The molecule has 0 spiro atoms. The van der Waals surface area contributed by atoms with E-state index in [0.717, 1.165) is 25.0 Å². The Morgan fingerprint density at radius 2 is 2.28 bits per heavy atom. The molecular weight excluding hydrogens is 226 g/mol. The Balaban J connectivity index is 2.30. The molecule has 0 heterocycles. The lowest BCUT2D eigenvalue weighted by molar-refractivity contribution is -0.132. The van der Waals surface area contributed by atoms with Crippen LogP contribution in [0.1, 0.15) is 43.4 Å². The van der Waals surface area contributed by atoms with Crippen molar-refractivity contribution < 1.29 is 9.53 Å². The monoisotopic (exact) mass is 247 g/mol.